The van der Waals surface area contributed by atoms with Crippen molar-refractivity contribution in [2.24, 2.45) is 0 Å². The molecule has 7 heteroatoms. The average molecular weight is 290 g/mol. The Balaban J connectivity index is 5.74. The van der Waals surface area contributed by atoms with Gasteiger partial charge < -0.3 is 5.11 Å². The number of alkyl halides is 6. The zero-order valence-electron chi connectivity index (χ0n) is 11.0. The van der Waals surface area contributed by atoms with Gasteiger partial charge >= 0.3 is 12.4 Å². The molecule has 0 unspecified atom stereocenters. The number of allylic oxidation sites excluding steroid dienone is 3. The van der Waals surface area contributed by atoms with Gasteiger partial charge in [-0.05, 0) is 33.3 Å². The van der Waals surface area contributed by atoms with Crippen molar-refractivity contribution in [3.05, 3.63) is 22.8 Å². The predicted octanol–water partition coefficient (Wildman–Crippen LogP) is 4.53. The van der Waals surface area contributed by atoms with Crippen LogP contribution in [0.25, 0.3) is 0 Å². The summed E-state index contributed by atoms with van der Waals surface area (Å²) in [6.07, 6.45) is -11.9. The first-order valence-corrected chi connectivity index (χ1v) is 5.39. The van der Waals surface area contributed by atoms with Crippen LogP contribution >= 0.6 is 0 Å². The zero-order chi connectivity index (χ0) is 15.6. The van der Waals surface area contributed by atoms with Gasteiger partial charge in [0.25, 0.3) is 5.60 Å². The van der Waals surface area contributed by atoms with E-state index in [4.69, 9.17) is 5.11 Å². The van der Waals surface area contributed by atoms with Crippen LogP contribution in [0.1, 0.15) is 34.1 Å². The molecule has 0 amide bonds. The first-order valence-electron chi connectivity index (χ1n) is 5.39. The molecular formula is C12H16F6O. The van der Waals surface area contributed by atoms with Crippen molar-refractivity contribution >= 4 is 0 Å². The predicted molar refractivity (Wildman–Crippen MR) is 59.5 cm³/mol. The number of aliphatic hydroxyl groups is 1. The fraction of sp³-hybridized carbons (Fsp3) is 0.667. The lowest BCUT2D eigenvalue weighted by Gasteiger charge is -2.33. The molecule has 0 bridgehead atoms. The Morgan fingerprint density at radius 1 is 0.895 bits per heavy atom. The second kappa shape index (κ2) is 5.56. The summed E-state index contributed by atoms with van der Waals surface area (Å²) in [5.41, 5.74) is -4.09. The van der Waals surface area contributed by atoms with Gasteiger partial charge in [0, 0.05) is 6.42 Å². The zero-order valence-corrected chi connectivity index (χ0v) is 11.0. The highest BCUT2D eigenvalue weighted by Gasteiger charge is 2.70. The Hall–Kier alpha value is -0.980. The Labute approximate surface area is 107 Å². The molecule has 0 heterocycles. The summed E-state index contributed by atoms with van der Waals surface area (Å²) in [4.78, 5) is 0. The van der Waals surface area contributed by atoms with E-state index in [0.29, 0.717) is 5.57 Å². The summed E-state index contributed by atoms with van der Waals surface area (Å²) in [6, 6.07) is 0. The van der Waals surface area contributed by atoms with Crippen LogP contribution in [-0.4, -0.2) is 23.1 Å². The van der Waals surface area contributed by atoms with Crippen molar-refractivity contribution in [2.45, 2.75) is 52.1 Å². The van der Waals surface area contributed by atoms with Gasteiger partial charge in [-0.3, -0.25) is 0 Å². The lowest BCUT2D eigenvalue weighted by molar-refractivity contribution is -0.367. The van der Waals surface area contributed by atoms with Crippen LogP contribution in [0.4, 0.5) is 26.3 Å². The van der Waals surface area contributed by atoms with Gasteiger partial charge in [-0.2, -0.15) is 26.3 Å². The highest BCUT2D eigenvalue weighted by Crippen LogP contribution is 2.47. The molecule has 0 saturated carbocycles. The fourth-order valence-electron chi connectivity index (χ4n) is 1.36. The number of hydrogen-bond donors (Lipinski definition) is 1. The normalized spacial score (nSPS) is 13.2. The van der Waals surface area contributed by atoms with E-state index in [1.165, 1.54) is 19.9 Å². The minimum atomic E-state index is -5.79. The smallest absolute Gasteiger partial charge is 0.373 e. The quantitative estimate of drug-likeness (QED) is 0.598. The highest BCUT2D eigenvalue weighted by atomic mass is 19.4. The molecule has 0 saturated heterocycles. The van der Waals surface area contributed by atoms with Crippen LogP contribution in [0.2, 0.25) is 0 Å². The second-order valence-corrected chi connectivity index (χ2v) is 4.78. The third kappa shape index (κ3) is 4.26. The summed E-state index contributed by atoms with van der Waals surface area (Å²) in [7, 11) is 0. The van der Waals surface area contributed by atoms with Gasteiger partial charge in [-0.15, -0.1) is 0 Å². The molecule has 0 aromatic carbocycles. The molecule has 0 fully saturated rings. The largest absolute Gasteiger partial charge is 0.426 e. The molecule has 0 radical (unpaired) electrons. The van der Waals surface area contributed by atoms with E-state index in [9.17, 15) is 26.3 Å². The number of rotatable bonds is 3. The molecule has 19 heavy (non-hydrogen) atoms. The van der Waals surface area contributed by atoms with Gasteiger partial charge in [-0.1, -0.05) is 17.2 Å². The average Bonchev–Trinajstić information content (AvgIpc) is 2.11. The van der Waals surface area contributed by atoms with Crippen molar-refractivity contribution in [1.29, 1.82) is 0 Å². The number of hydrogen-bond acceptors (Lipinski definition) is 1. The first-order chi connectivity index (χ1) is 8.22. The summed E-state index contributed by atoms with van der Waals surface area (Å²) in [6.45, 7) is 5.87. The maximum Gasteiger partial charge on any atom is 0.426 e. The molecule has 112 valence electrons. The summed E-state index contributed by atoms with van der Waals surface area (Å²) >= 11 is 0. The van der Waals surface area contributed by atoms with Crippen molar-refractivity contribution in [1.82, 2.24) is 0 Å². The van der Waals surface area contributed by atoms with Crippen LogP contribution in [-0.2, 0) is 0 Å². The molecule has 0 aromatic heterocycles. The van der Waals surface area contributed by atoms with Crippen molar-refractivity contribution in [3.63, 3.8) is 0 Å². The highest BCUT2D eigenvalue weighted by molar-refractivity contribution is 5.29. The van der Waals surface area contributed by atoms with E-state index in [1.807, 2.05) is 0 Å². The second-order valence-electron chi connectivity index (χ2n) is 4.78. The van der Waals surface area contributed by atoms with Crippen LogP contribution in [0.3, 0.4) is 0 Å². The van der Waals surface area contributed by atoms with Crippen LogP contribution in [0.15, 0.2) is 22.8 Å². The van der Waals surface area contributed by atoms with Crippen molar-refractivity contribution in [2.75, 3.05) is 0 Å². The Morgan fingerprint density at radius 3 is 1.47 bits per heavy atom. The molecule has 0 atom stereocenters. The third-order valence-corrected chi connectivity index (χ3v) is 2.49. The molecule has 0 aliphatic rings. The van der Waals surface area contributed by atoms with Crippen LogP contribution in [0.5, 0.6) is 0 Å². The third-order valence-electron chi connectivity index (χ3n) is 2.49. The van der Waals surface area contributed by atoms with Crippen LogP contribution < -0.4 is 0 Å². The monoisotopic (exact) mass is 290 g/mol. The van der Waals surface area contributed by atoms with E-state index in [0.717, 1.165) is 0 Å². The Bertz CT molecular complexity index is 364. The van der Waals surface area contributed by atoms with Crippen molar-refractivity contribution in [3.8, 4) is 0 Å². The summed E-state index contributed by atoms with van der Waals surface area (Å²) in [5, 5.41) is 9.10. The molecule has 0 aliphatic heterocycles. The van der Waals surface area contributed by atoms with Crippen molar-refractivity contribution < 1.29 is 31.4 Å². The Morgan fingerprint density at radius 2 is 1.26 bits per heavy atom. The lowest BCUT2D eigenvalue weighted by atomic mass is 9.90. The van der Waals surface area contributed by atoms with Gasteiger partial charge in [0.05, 0.1) is 0 Å². The topological polar surface area (TPSA) is 20.2 Å². The maximum atomic E-state index is 12.5. The standard InChI is InChI=1S/C12H16F6O/c1-7(2)5-9(8(3)4)6-10(19,11(13,14)15)12(16,17)18/h5,19H,6H2,1-4H3. The van der Waals surface area contributed by atoms with E-state index >= 15 is 0 Å². The van der Waals surface area contributed by atoms with E-state index in [2.05, 4.69) is 0 Å². The summed E-state index contributed by atoms with van der Waals surface area (Å²) in [5.74, 6) is 0. The fourth-order valence-corrected chi connectivity index (χ4v) is 1.36. The van der Waals surface area contributed by atoms with Gasteiger partial charge in [0.1, 0.15) is 0 Å². The van der Waals surface area contributed by atoms with Gasteiger partial charge in [0.15, 0.2) is 0 Å². The minimum absolute atomic E-state index is 0.183. The molecular weight excluding hydrogens is 274 g/mol. The molecule has 1 N–H and O–H groups in total. The van der Waals surface area contributed by atoms with E-state index < -0.39 is 24.4 Å². The first kappa shape index (κ1) is 18.0. The Kier molecular flexibility index (Phi) is 5.28. The molecule has 1 nitrogen and oxygen atoms in total. The molecule has 0 spiro atoms. The molecule has 0 aliphatic carbocycles. The van der Waals surface area contributed by atoms with Crippen LogP contribution in [0, 0.1) is 0 Å². The lowest BCUT2D eigenvalue weighted by Crippen LogP contribution is -2.57. The SMILES string of the molecule is CC(C)=CC(CC(O)(C(F)(F)F)C(F)(F)F)=C(C)C. The summed E-state index contributed by atoms with van der Waals surface area (Å²) < 4.78 is 75.3. The van der Waals surface area contributed by atoms with E-state index in [-0.39, 0.29) is 11.1 Å². The molecule has 0 rings (SSSR count). The maximum absolute atomic E-state index is 12.5. The molecule has 0 aromatic rings. The number of halogens is 6. The van der Waals surface area contributed by atoms with Gasteiger partial charge in [-0.25, -0.2) is 0 Å². The van der Waals surface area contributed by atoms with E-state index in [1.54, 1.807) is 13.8 Å². The van der Waals surface area contributed by atoms with Gasteiger partial charge in [0.2, 0.25) is 0 Å². The minimum Gasteiger partial charge on any atom is -0.373 e.